The predicted molar refractivity (Wildman–Crippen MR) is 85.7 cm³/mol. The zero-order valence-electron chi connectivity index (χ0n) is 12.5. The first-order valence-corrected chi connectivity index (χ1v) is 7.41. The predicted octanol–water partition coefficient (Wildman–Crippen LogP) is 0.531. The highest BCUT2D eigenvalue weighted by molar-refractivity contribution is 5.85. The normalized spacial score (nSPS) is 23.0. The summed E-state index contributed by atoms with van der Waals surface area (Å²) in [5.74, 6) is -0.169. The van der Waals surface area contributed by atoms with Gasteiger partial charge in [-0.15, -0.1) is 12.4 Å². The number of carbonyl (C=O) groups excluding carboxylic acids is 1. The Hall–Kier alpha value is -1.93. The van der Waals surface area contributed by atoms with E-state index in [1.54, 1.807) is 4.90 Å². The van der Waals surface area contributed by atoms with Crippen LogP contribution < -0.4 is 10.9 Å². The molecule has 9 heteroatoms. The third-order valence-electron chi connectivity index (χ3n) is 4.36. The number of halogens is 1. The van der Waals surface area contributed by atoms with E-state index in [9.17, 15) is 19.7 Å². The first-order chi connectivity index (χ1) is 10.5. The van der Waals surface area contributed by atoms with E-state index in [0.29, 0.717) is 25.2 Å². The Bertz CT molecular complexity index is 662. The number of rotatable bonds is 3. The largest absolute Gasteiger partial charge is 0.340 e. The van der Waals surface area contributed by atoms with Crippen LogP contribution in [0.2, 0.25) is 0 Å². The van der Waals surface area contributed by atoms with Crippen molar-refractivity contribution < 1.29 is 9.72 Å². The third-order valence-corrected chi connectivity index (χ3v) is 4.36. The molecule has 2 aliphatic rings. The molecule has 3 heterocycles. The molecule has 1 N–H and O–H groups in total. The average Bonchev–Trinajstić information content (AvgIpc) is 2.80. The number of hydrogen-bond donors (Lipinski definition) is 1. The van der Waals surface area contributed by atoms with Crippen LogP contribution in [-0.2, 0) is 11.3 Å². The summed E-state index contributed by atoms with van der Waals surface area (Å²) in [7, 11) is 0. The van der Waals surface area contributed by atoms with Gasteiger partial charge in [0, 0.05) is 37.3 Å². The minimum absolute atomic E-state index is 0. The van der Waals surface area contributed by atoms with Crippen molar-refractivity contribution in [3.8, 4) is 0 Å². The van der Waals surface area contributed by atoms with E-state index in [4.69, 9.17) is 0 Å². The lowest BCUT2D eigenvalue weighted by Gasteiger charge is -2.24. The molecule has 2 aliphatic heterocycles. The Balaban J connectivity index is 0.00000192. The second-order valence-corrected chi connectivity index (χ2v) is 5.88. The molecule has 2 fully saturated rings. The van der Waals surface area contributed by atoms with E-state index >= 15 is 0 Å². The lowest BCUT2D eigenvalue weighted by atomic mass is 10.1. The van der Waals surface area contributed by atoms with Gasteiger partial charge < -0.3 is 10.2 Å². The van der Waals surface area contributed by atoms with Crippen LogP contribution in [0.1, 0.15) is 19.3 Å². The molecule has 2 atom stereocenters. The van der Waals surface area contributed by atoms with Gasteiger partial charge in [-0.25, -0.2) is 0 Å². The molecular weight excluding hydrogens is 324 g/mol. The molecule has 0 saturated carbocycles. The van der Waals surface area contributed by atoms with Gasteiger partial charge in [0.15, 0.2) is 0 Å². The number of likely N-dealkylation sites (tertiary alicyclic amines) is 1. The quantitative estimate of drug-likeness (QED) is 0.638. The number of nitrogens with one attached hydrogen (secondary N) is 1. The smallest absolute Gasteiger partial charge is 0.285 e. The first-order valence-electron chi connectivity index (χ1n) is 7.41. The molecule has 0 radical (unpaired) electrons. The van der Waals surface area contributed by atoms with Gasteiger partial charge in [-0.3, -0.25) is 24.3 Å². The number of nitrogens with zero attached hydrogens (tertiary/aromatic N) is 3. The van der Waals surface area contributed by atoms with Crippen molar-refractivity contribution in [1.29, 1.82) is 0 Å². The number of pyridine rings is 1. The van der Waals surface area contributed by atoms with Crippen molar-refractivity contribution in [2.75, 3.05) is 13.1 Å². The molecule has 0 aromatic carbocycles. The maximum Gasteiger partial charge on any atom is 0.285 e. The summed E-state index contributed by atoms with van der Waals surface area (Å²) in [6.45, 7) is 1.15. The minimum atomic E-state index is -0.574. The highest BCUT2D eigenvalue weighted by Crippen LogP contribution is 2.20. The lowest BCUT2D eigenvalue weighted by molar-refractivity contribution is -0.385. The van der Waals surface area contributed by atoms with Gasteiger partial charge in [0.1, 0.15) is 6.54 Å². The summed E-state index contributed by atoms with van der Waals surface area (Å²) in [5.41, 5.74) is -0.600. The number of nitro groups is 1. The molecule has 1 amide bonds. The summed E-state index contributed by atoms with van der Waals surface area (Å²) in [5, 5.41) is 14.3. The standard InChI is InChI=1S/C14H18N4O4.ClH/c19-13-4-3-12(18(21)22)8-17(13)9-14(20)16-6-5-10-1-2-11(7-16)15-10;/h3-4,8,10-11,15H,1-2,5-7,9H2;1H. The molecule has 1 aromatic rings. The van der Waals surface area contributed by atoms with Gasteiger partial charge in [0.25, 0.3) is 11.2 Å². The second kappa shape index (κ2) is 7.10. The van der Waals surface area contributed by atoms with Crippen LogP contribution in [0.5, 0.6) is 0 Å². The van der Waals surface area contributed by atoms with Crippen LogP contribution >= 0.6 is 12.4 Å². The van der Waals surface area contributed by atoms with E-state index in [2.05, 4.69) is 5.32 Å². The van der Waals surface area contributed by atoms with Crippen LogP contribution in [0.4, 0.5) is 5.69 Å². The van der Waals surface area contributed by atoms with Gasteiger partial charge in [-0.1, -0.05) is 0 Å². The van der Waals surface area contributed by atoms with Crippen molar-refractivity contribution in [2.45, 2.75) is 37.9 Å². The summed E-state index contributed by atoms with van der Waals surface area (Å²) in [4.78, 5) is 36.1. The molecule has 2 unspecified atom stereocenters. The molecule has 1 aromatic heterocycles. The Morgan fingerprint density at radius 3 is 2.78 bits per heavy atom. The fourth-order valence-corrected chi connectivity index (χ4v) is 3.17. The minimum Gasteiger partial charge on any atom is -0.340 e. The Morgan fingerprint density at radius 2 is 2.04 bits per heavy atom. The topological polar surface area (TPSA) is 97.5 Å². The molecule has 2 saturated heterocycles. The fraction of sp³-hybridized carbons (Fsp3) is 0.571. The molecule has 8 nitrogen and oxygen atoms in total. The van der Waals surface area contributed by atoms with Gasteiger partial charge in [0.05, 0.1) is 11.1 Å². The number of aromatic nitrogens is 1. The van der Waals surface area contributed by atoms with Gasteiger partial charge in [-0.2, -0.15) is 0 Å². The zero-order chi connectivity index (χ0) is 15.7. The van der Waals surface area contributed by atoms with Gasteiger partial charge >= 0.3 is 0 Å². The van der Waals surface area contributed by atoms with Crippen molar-refractivity contribution in [2.24, 2.45) is 0 Å². The van der Waals surface area contributed by atoms with Crippen molar-refractivity contribution >= 4 is 24.0 Å². The Kier molecular flexibility index (Phi) is 5.38. The second-order valence-electron chi connectivity index (χ2n) is 5.88. The number of fused-ring (bicyclic) bond motifs is 2. The summed E-state index contributed by atoms with van der Waals surface area (Å²) in [6, 6.07) is 3.07. The first kappa shape index (κ1) is 17.4. The summed E-state index contributed by atoms with van der Waals surface area (Å²) >= 11 is 0. The average molecular weight is 343 g/mol. The van der Waals surface area contributed by atoms with E-state index < -0.39 is 10.5 Å². The van der Waals surface area contributed by atoms with Crippen molar-refractivity contribution in [3.05, 3.63) is 38.8 Å². The number of carbonyl (C=O) groups is 1. The van der Waals surface area contributed by atoms with Gasteiger partial charge in [-0.05, 0) is 19.3 Å². The molecule has 0 aliphatic carbocycles. The third kappa shape index (κ3) is 3.89. The highest BCUT2D eigenvalue weighted by atomic mass is 35.5. The fourth-order valence-electron chi connectivity index (χ4n) is 3.17. The van der Waals surface area contributed by atoms with E-state index in [0.717, 1.165) is 42.2 Å². The molecule has 23 heavy (non-hydrogen) atoms. The van der Waals surface area contributed by atoms with Crippen LogP contribution in [0.25, 0.3) is 0 Å². The molecule has 3 rings (SSSR count). The molecule has 126 valence electrons. The van der Waals surface area contributed by atoms with Crippen molar-refractivity contribution in [1.82, 2.24) is 14.8 Å². The van der Waals surface area contributed by atoms with Crippen molar-refractivity contribution in [3.63, 3.8) is 0 Å². The Labute approximate surface area is 139 Å². The molecule has 0 spiro atoms. The summed E-state index contributed by atoms with van der Waals surface area (Å²) < 4.78 is 1.11. The monoisotopic (exact) mass is 342 g/mol. The lowest BCUT2D eigenvalue weighted by Crippen LogP contribution is -2.41. The SMILES string of the molecule is Cl.O=C(Cn1cc([N+](=O)[O-])ccc1=O)N1CCC2CCC(C1)N2. The van der Waals surface area contributed by atoms with E-state index in [1.807, 2.05) is 0 Å². The highest BCUT2D eigenvalue weighted by Gasteiger charge is 2.31. The van der Waals surface area contributed by atoms with Crippen LogP contribution in [0.3, 0.4) is 0 Å². The summed E-state index contributed by atoms with van der Waals surface area (Å²) in [6.07, 6.45) is 4.25. The Morgan fingerprint density at radius 1 is 1.30 bits per heavy atom. The maximum atomic E-state index is 12.4. The van der Waals surface area contributed by atoms with Crippen LogP contribution in [0.15, 0.2) is 23.1 Å². The zero-order valence-corrected chi connectivity index (χ0v) is 13.3. The van der Waals surface area contributed by atoms with Gasteiger partial charge in [0.2, 0.25) is 5.91 Å². The molecule has 2 bridgehead atoms. The molecular formula is C14H19ClN4O4. The number of hydrogen-bond acceptors (Lipinski definition) is 5. The van der Waals surface area contributed by atoms with E-state index in [1.165, 1.54) is 0 Å². The van der Waals surface area contributed by atoms with E-state index in [-0.39, 0.29) is 30.5 Å². The maximum absolute atomic E-state index is 12.4. The van der Waals surface area contributed by atoms with Crippen LogP contribution in [0, 0.1) is 10.1 Å². The van der Waals surface area contributed by atoms with Crippen LogP contribution in [-0.4, -0.2) is 45.5 Å². The number of amides is 1.